The van der Waals surface area contributed by atoms with Crippen LogP contribution in [-0.4, -0.2) is 24.8 Å². The van der Waals surface area contributed by atoms with E-state index in [4.69, 9.17) is 10.5 Å². The van der Waals surface area contributed by atoms with Crippen LogP contribution in [0.3, 0.4) is 0 Å². The summed E-state index contributed by atoms with van der Waals surface area (Å²) in [5.74, 6) is 0.918. The second-order valence-corrected chi connectivity index (χ2v) is 5.56. The van der Waals surface area contributed by atoms with Gasteiger partial charge in [-0.3, -0.25) is 0 Å². The third-order valence-corrected chi connectivity index (χ3v) is 2.20. The van der Waals surface area contributed by atoms with E-state index in [1.165, 1.54) is 0 Å². The van der Waals surface area contributed by atoms with Gasteiger partial charge in [0.2, 0.25) is 0 Å². The van der Waals surface area contributed by atoms with E-state index in [0.717, 1.165) is 6.42 Å². The Balaban J connectivity index is 3.75. The molecule has 0 bridgehead atoms. The average molecular weight is 230 g/mol. The maximum Gasteiger partial charge on any atom is 0.407 e. The number of nitrogens with two attached hydrogens (primary N) is 1. The van der Waals surface area contributed by atoms with Gasteiger partial charge in [0.25, 0.3) is 0 Å². The van der Waals surface area contributed by atoms with E-state index in [9.17, 15) is 4.79 Å². The van der Waals surface area contributed by atoms with Crippen molar-refractivity contribution < 1.29 is 9.53 Å². The standard InChI is InChI=1S/C12H26N2O2/c1-9(7-13)6-10(2)8-14-11(15)16-12(3,4)5/h9-10H,6-8,13H2,1-5H3,(H,14,15)/t9?,10-/m1/s1. The molecule has 0 rings (SSSR count). The molecular formula is C12H26N2O2. The number of hydrogen-bond donors (Lipinski definition) is 2. The molecule has 3 N–H and O–H groups in total. The predicted molar refractivity (Wildman–Crippen MR) is 66.2 cm³/mol. The molecule has 16 heavy (non-hydrogen) atoms. The number of carbonyl (C=O) groups excluding carboxylic acids is 1. The van der Waals surface area contributed by atoms with Crippen molar-refractivity contribution in [3.8, 4) is 0 Å². The number of carbonyl (C=O) groups is 1. The molecule has 96 valence electrons. The monoisotopic (exact) mass is 230 g/mol. The lowest BCUT2D eigenvalue weighted by atomic mass is 9.97. The van der Waals surface area contributed by atoms with Crippen molar-refractivity contribution >= 4 is 6.09 Å². The minimum atomic E-state index is -0.433. The zero-order valence-electron chi connectivity index (χ0n) is 11.2. The fourth-order valence-corrected chi connectivity index (χ4v) is 1.44. The van der Waals surface area contributed by atoms with Gasteiger partial charge in [-0.15, -0.1) is 0 Å². The molecule has 1 amide bonds. The van der Waals surface area contributed by atoms with Crippen LogP contribution in [0.5, 0.6) is 0 Å². The van der Waals surface area contributed by atoms with Crippen LogP contribution in [0.15, 0.2) is 0 Å². The van der Waals surface area contributed by atoms with Crippen molar-refractivity contribution in [2.24, 2.45) is 17.6 Å². The Labute approximate surface area is 98.9 Å². The summed E-state index contributed by atoms with van der Waals surface area (Å²) in [6, 6.07) is 0. The van der Waals surface area contributed by atoms with Gasteiger partial charge in [0.1, 0.15) is 5.60 Å². The van der Waals surface area contributed by atoms with E-state index in [1.807, 2.05) is 20.8 Å². The Morgan fingerprint density at radius 1 is 1.31 bits per heavy atom. The van der Waals surface area contributed by atoms with Crippen molar-refractivity contribution in [3.63, 3.8) is 0 Å². The van der Waals surface area contributed by atoms with E-state index in [2.05, 4.69) is 19.2 Å². The van der Waals surface area contributed by atoms with Gasteiger partial charge in [0.05, 0.1) is 0 Å². The van der Waals surface area contributed by atoms with Crippen molar-refractivity contribution in [1.82, 2.24) is 5.32 Å². The summed E-state index contributed by atoms with van der Waals surface area (Å²) in [5, 5.41) is 2.77. The van der Waals surface area contributed by atoms with Gasteiger partial charge in [-0.05, 0) is 45.6 Å². The summed E-state index contributed by atoms with van der Waals surface area (Å²) in [6.07, 6.45) is 0.673. The first-order chi connectivity index (χ1) is 7.24. The molecule has 4 heteroatoms. The molecule has 0 radical (unpaired) electrons. The SMILES string of the molecule is CC(CN)C[C@@H](C)CNC(=O)OC(C)(C)C. The first kappa shape index (κ1) is 15.2. The topological polar surface area (TPSA) is 64.3 Å². The molecule has 0 saturated carbocycles. The third kappa shape index (κ3) is 8.53. The number of ether oxygens (including phenoxy) is 1. The molecule has 0 aliphatic carbocycles. The van der Waals surface area contributed by atoms with Crippen LogP contribution in [0, 0.1) is 11.8 Å². The third-order valence-electron chi connectivity index (χ3n) is 2.20. The van der Waals surface area contributed by atoms with Crippen LogP contribution in [0.25, 0.3) is 0 Å². The van der Waals surface area contributed by atoms with Gasteiger partial charge in [0, 0.05) is 6.54 Å². The average Bonchev–Trinajstić information content (AvgIpc) is 2.12. The van der Waals surface area contributed by atoms with E-state index in [0.29, 0.717) is 24.9 Å². The van der Waals surface area contributed by atoms with Gasteiger partial charge < -0.3 is 15.8 Å². The molecular weight excluding hydrogens is 204 g/mol. The molecule has 1 unspecified atom stereocenters. The Kier molecular flexibility index (Phi) is 6.41. The summed E-state index contributed by atoms with van der Waals surface area (Å²) >= 11 is 0. The molecule has 0 aromatic carbocycles. The van der Waals surface area contributed by atoms with Crippen molar-refractivity contribution in [2.45, 2.75) is 46.6 Å². The van der Waals surface area contributed by atoms with E-state index in [-0.39, 0.29) is 6.09 Å². The second kappa shape index (κ2) is 6.74. The van der Waals surface area contributed by atoms with Crippen molar-refractivity contribution in [3.05, 3.63) is 0 Å². The van der Waals surface area contributed by atoms with Crippen molar-refractivity contribution in [2.75, 3.05) is 13.1 Å². The second-order valence-electron chi connectivity index (χ2n) is 5.56. The summed E-state index contributed by atoms with van der Waals surface area (Å²) in [4.78, 5) is 11.4. The van der Waals surface area contributed by atoms with E-state index < -0.39 is 5.60 Å². The molecule has 4 nitrogen and oxygen atoms in total. The first-order valence-electron chi connectivity index (χ1n) is 5.91. The van der Waals surface area contributed by atoms with Crippen LogP contribution in [0.1, 0.15) is 41.0 Å². The largest absolute Gasteiger partial charge is 0.444 e. The molecule has 0 aromatic rings. The van der Waals surface area contributed by atoms with Crippen LogP contribution >= 0.6 is 0 Å². The normalized spacial score (nSPS) is 15.4. The molecule has 0 heterocycles. The lowest BCUT2D eigenvalue weighted by molar-refractivity contribution is 0.0518. The highest BCUT2D eigenvalue weighted by Crippen LogP contribution is 2.10. The van der Waals surface area contributed by atoms with Crippen molar-refractivity contribution in [1.29, 1.82) is 0 Å². The number of nitrogens with one attached hydrogen (secondary N) is 1. The molecule has 2 atom stereocenters. The lowest BCUT2D eigenvalue weighted by Gasteiger charge is -2.21. The number of rotatable bonds is 5. The number of alkyl carbamates (subject to hydrolysis) is 1. The van der Waals surface area contributed by atoms with Crippen LogP contribution in [0.4, 0.5) is 4.79 Å². The lowest BCUT2D eigenvalue weighted by Crippen LogP contribution is -2.35. The van der Waals surface area contributed by atoms with Gasteiger partial charge in [-0.25, -0.2) is 4.79 Å². The van der Waals surface area contributed by atoms with Gasteiger partial charge in [-0.2, -0.15) is 0 Å². The highest BCUT2D eigenvalue weighted by atomic mass is 16.6. The molecule has 0 spiro atoms. The Hall–Kier alpha value is -0.770. The Morgan fingerprint density at radius 3 is 2.31 bits per heavy atom. The quantitative estimate of drug-likeness (QED) is 0.760. The van der Waals surface area contributed by atoms with E-state index in [1.54, 1.807) is 0 Å². The summed E-state index contributed by atoms with van der Waals surface area (Å²) in [5.41, 5.74) is 5.11. The highest BCUT2D eigenvalue weighted by Gasteiger charge is 2.16. The molecule has 0 aliphatic heterocycles. The number of hydrogen-bond acceptors (Lipinski definition) is 3. The minimum absolute atomic E-state index is 0.347. The predicted octanol–water partition coefficient (Wildman–Crippen LogP) is 2.13. The Morgan fingerprint density at radius 2 is 1.88 bits per heavy atom. The van der Waals surface area contributed by atoms with Crippen LogP contribution in [-0.2, 0) is 4.74 Å². The summed E-state index contributed by atoms with van der Waals surface area (Å²) in [7, 11) is 0. The Bertz CT molecular complexity index is 212. The fourth-order valence-electron chi connectivity index (χ4n) is 1.44. The molecule has 0 aliphatic rings. The zero-order chi connectivity index (χ0) is 12.8. The maximum absolute atomic E-state index is 11.4. The van der Waals surface area contributed by atoms with Gasteiger partial charge >= 0.3 is 6.09 Å². The molecule has 0 saturated heterocycles. The van der Waals surface area contributed by atoms with Crippen LogP contribution < -0.4 is 11.1 Å². The fraction of sp³-hybridized carbons (Fsp3) is 0.917. The van der Waals surface area contributed by atoms with Crippen LogP contribution in [0.2, 0.25) is 0 Å². The maximum atomic E-state index is 11.4. The van der Waals surface area contributed by atoms with E-state index >= 15 is 0 Å². The summed E-state index contributed by atoms with van der Waals surface area (Å²) in [6.45, 7) is 11.1. The molecule has 0 fully saturated rings. The summed E-state index contributed by atoms with van der Waals surface area (Å²) < 4.78 is 5.14. The minimum Gasteiger partial charge on any atom is -0.444 e. The smallest absolute Gasteiger partial charge is 0.407 e. The molecule has 0 aromatic heterocycles. The number of amides is 1. The zero-order valence-corrected chi connectivity index (χ0v) is 11.2. The van der Waals surface area contributed by atoms with Gasteiger partial charge in [-0.1, -0.05) is 13.8 Å². The highest BCUT2D eigenvalue weighted by molar-refractivity contribution is 5.67. The van der Waals surface area contributed by atoms with Gasteiger partial charge in [0.15, 0.2) is 0 Å². The first-order valence-corrected chi connectivity index (χ1v) is 5.91.